The van der Waals surface area contributed by atoms with E-state index in [4.69, 9.17) is 21.0 Å². The molecule has 0 radical (unpaired) electrons. The van der Waals surface area contributed by atoms with Crippen LogP contribution in [0.25, 0.3) is 0 Å². The van der Waals surface area contributed by atoms with E-state index < -0.39 is 5.97 Å². The lowest BCUT2D eigenvalue weighted by atomic mass is 10.1. The summed E-state index contributed by atoms with van der Waals surface area (Å²) in [6, 6.07) is 0.263. The van der Waals surface area contributed by atoms with Crippen LogP contribution in [0.4, 0.5) is 4.79 Å². The molecule has 0 aromatic heterocycles. The molecular formula is C14H29N5O3. The molecule has 1 aliphatic heterocycles. The van der Waals surface area contributed by atoms with Gasteiger partial charge in [-0.15, -0.1) is 0 Å². The van der Waals surface area contributed by atoms with E-state index in [2.05, 4.69) is 0 Å². The topological polar surface area (TPSA) is 114 Å². The molecule has 0 aliphatic carbocycles. The summed E-state index contributed by atoms with van der Waals surface area (Å²) in [6.07, 6.45) is 0. The number of carbonyl (C=O) groups excluding carboxylic acids is 1. The monoisotopic (exact) mass is 315 g/mol. The highest BCUT2D eigenvalue weighted by atomic mass is 16.4. The first kappa shape index (κ1) is 20.0. The van der Waals surface area contributed by atoms with Gasteiger partial charge in [0, 0.05) is 45.2 Å². The van der Waals surface area contributed by atoms with Crippen LogP contribution in [-0.4, -0.2) is 76.0 Å². The summed E-state index contributed by atoms with van der Waals surface area (Å²) in [4.78, 5) is 26.9. The third-order valence-corrected chi connectivity index (χ3v) is 3.58. The number of hydrogen-bond donors (Lipinski definition) is 3. The zero-order valence-electron chi connectivity index (χ0n) is 14.2. The molecule has 22 heavy (non-hydrogen) atoms. The zero-order valence-corrected chi connectivity index (χ0v) is 14.2. The average Bonchev–Trinajstić information content (AvgIpc) is 2.41. The number of nitrogens with one attached hydrogen (secondary N) is 1. The number of carboxylic acid groups (broad SMARTS) is 1. The quantitative estimate of drug-likeness (QED) is 0.516. The normalized spacial score (nSPS) is 20.8. The number of nitrogens with two attached hydrogens (primary N) is 1. The van der Waals surface area contributed by atoms with Crippen molar-refractivity contribution < 1.29 is 14.7 Å². The van der Waals surface area contributed by atoms with Crippen LogP contribution >= 0.6 is 0 Å². The van der Waals surface area contributed by atoms with Gasteiger partial charge in [0.2, 0.25) is 0 Å². The maximum atomic E-state index is 12.3. The van der Waals surface area contributed by atoms with E-state index in [1.54, 1.807) is 0 Å². The molecule has 0 unspecified atom stereocenters. The number of guanidine groups is 1. The number of rotatable bonds is 2. The second kappa shape index (κ2) is 9.11. The van der Waals surface area contributed by atoms with E-state index in [0.29, 0.717) is 13.1 Å². The van der Waals surface area contributed by atoms with Gasteiger partial charge in [-0.3, -0.25) is 10.2 Å². The Balaban J connectivity index is 0.000000980. The van der Waals surface area contributed by atoms with E-state index >= 15 is 0 Å². The first-order chi connectivity index (χ1) is 10.1. The highest BCUT2D eigenvalue weighted by Crippen LogP contribution is 2.16. The summed E-state index contributed by atoms with van der Waals surface area (Å²) >= 11 is 0. The summed E-state index contributed by atoms with van der Waals surface area (Å²) in [5.41, 5.74) is 5.55. The van der Waals surface area contributed by atoms with Crippen molar-refractivity contribution >= 4 is 18.0 Å². The van der Waals surface area contributed by atoms with Crippen LogP contribution in [0.3, 0.4) is 0 Å². The Labute approximate surface area is 132 Å². The Morgan fingerprint density at radius 2 is 1.55 bits per heavy atom. The number of carbonyl (C=O) groups is 2. The molecule has 0 aromatic rings. The molecule has 1 saturated heterocycles. The molecule has 0 aromatic carbocycles. The minimum atomic E-state index is -0.833. The van der Waals surface area contributed by atoms with Crippen molar-refractivity contribution in [1.29, 1.82) is 5.41 Å². The predicted molar refractivity (Wildman–Crippen MR) is 85.9 cm³/mol. The summed E-state index contributed by atoms with van der Waals surface area (Å²) in [6.45, 7) is 11.8. The maximum Gasteiger partial charge on any atom is 0.320 e. The minimum absolute atomic E-state index is 0.0817. The Bertz CT molecular complexity index is 394. The summed E-state index contributed by atoms with van der Waals surface area (Å²) in [5.74, 6) is -0.746. The lowest BCUT2D eigenvalue weighted by Gasteiger charge is -2.45. The number of carboxylic acids is 1. The molecule has 0 bridgehead atoms. The third kappa shape index (κ3) is 5.79. The maximum absolute atomic E-state index is 12.3. The first-order valence-corrected chi connectivity index (χ1v) is 7.51. The van der Waals surface area contributed by atoms with Crippen LogP contribution in [0.5, 0.6) is 0 Å². The van der Waals surface area contributed by atoms with Crippen LogP contribution in [0.15, 0.2) is 0 Å². The third-order valence-electron chi connectivity index (χ3n) is 3.58. The SMILES string of the molecule is CC(=O)O.CCN(CC)C(=O)N1C[C@@H](C)N(C(=N)N)C[C@@H]1C. The van der Waals surface area contributed by atoms with Crippen LogP contribution in [0.1, 0.15) is 34.6 Å². The smallest absolute Gasteiger partial charge is 0.320 e. The van der Waals surface area contributed by atoms with Crippen LogP contribution in [0.2, 0.25) is 0 Å². The van der Waals surface area contributed by atoms with Gasteiger partial charge in [0.15, 0.2) is 5.96 Å². The molecule has 1 fully saturated rings. The number of amides is 2. The molecule has 128 valence electrons. The van der Waals surface area contributed by atoms with Crippen molar-refractivity contribution in [1.82, 2.24) is 14.7 Å². The van der Waals surface area contributed by atoms with Crippen molar-refractivity contribution in [2.75, 3.05) is 26.2 Å². The Morgan fingerprint density at radius 3 is 1.91 bits per heavy atom. The van der Waals surface area contributed by atoms with Crippen LogP contribution in [-0.2, 0) is 4.79 Å². The van der Waals surface area contributed by atoms with Crippen molar-refractivity contribution in [2.45, 2.75) is 46.7 Å². The molecule has 2 amide bonds. The van der Waals surface area contributed by atoms with Crippen molar-refractivity contribution in [2.24, 2.45) is 5.73 Å². The number of nitrogens with zero attached hydrogens (tertiary/aromatic N) is 3. The molecule has 8 heteroatoms. The van der Waals surface area contributed by atoms with Crippen molar-refractivity contribution in [3.05, 3.63) is 0 Å². The number of piperazine rings is 1. The van der Waals surface area contributed by atoms with E-state index in [0.717, 1.165) is 20.0 Å². The molecule has 0 spiro atoms. The van der Waals surface area contributed by atoms with Crippen molar-refractivity contribution in [3.63, 3.8) is 0 Å². The van der Waals surface area contributed by atoms with Gasteiger partial charge in [-0.05, 0) is 27.7 Å². The van der Waals surface area contributed by atoms with Crippen LogP contribution in [0, 0.1) is 5.41 Å². The van der Waals surface area contributed by atoms with Gasteiger partial charge in [-0.1, -0.05) is 0 Å². The Morgan fingerprint density at radius 1 is 1.18 bits per heavy atom. The zero-order chi connectivity index (χ0) is 17.4. The van der Waals surface area contributed by atoms with Gasteiger partial charge < -0.3 is 25.5 Å². The molecule has 1 heterocycles. The molecule has 1 rings (SSSR count). The van der Waals surface area contributed by atoms with E-state index in [1.165, 1.54) is 0 Å². The first-order valence-electron chi connectivity index (χ1n) is 7.51. The molecule has 4 N–H and O–H groups in total. The molecule has 8 nitrogen and oxygen atoms in total. The van der Waals surface area contributed by atoms with E-state index in [-0.39, 0.29) is 24.1 Å². The number of hydrogen-bond acceptors (Lipinski definition) is 3. The molecular weight excluding hydrogens is 286 g/mol. The Hall–Kier alpha value is -1.99. The fraction of sp³-hybridized carbons (Fsp3) is 0.786. The lowest BCUT2D eigenvalue weighted by molar-refractivity contribution is -0.134. The second-order valence-electron chi connectivity index (χ2n) is 5.36. The van der Waals surface area contributed by atoms with Crippen molar-refractivity contribution in [3.8, 4) is 0 Å². The van der Waals surface area contributed by atoms with E-state index in [1.807, 2.05) is 42.4 Å². The number of urea groups is 1. The van der Waals surface area contributed by atoms with Gasteiger partial charge in [0.25, 0.3) is 5.97 Å². The fourth-order valence-corrected chi connectivity index (χ4v) is 2.40. The largest absolute Gasteiger partial charge is 0.481 e. The standard InChI is InChI=1S/C12H25N5O.C2H4O2/c1-5-15(6-2)12(18)17-8-9(3)16(11(13)14)7-10(17)4;1-2(3)4/h9-10H,5-8H2,1-4H3,(H3,13,14);1H3,(H,3,4)/t9-,10+;/m1./s1. The summed E-state index contributed by atoms with van der Waals surface area (Å²) in [7, 11) is 0. The highest BCUT2D eigenvalue weighted by Gasteiger charge is 2.33. The van der Waals surface area contributed by atoms with Gasteiger partial charge in [-0.25, -0.2) is 4.79 Å². The van der Waals surface area contributed by atoms with E-state index in [9.17, 15) is 4.79 Å². The number of aliphatic carboxylic acids is 1. The van der Waals surface area contributed by atoms with Crippen LogP contribution < -0.4 is 5.73 Å². The molecule has 0 saturated carbocycles. The molecule has 2 atom stereocenters. The highest BCUT2D eigenvalue weighted by molar-refractivity contribution is 5.77. The lowest BCUT2D eigenvalue weighted by Crippen LogP contribution is -2.62. The van der Waals surface area contributed by atoms with Gasteiger partial charge in [-0.2, -0.15) is 0 Å². The second-order valence-corrected chi connectivity index (χ2v) is 5.36. The summed E-state index contributed by atoms with van der Waals surface area (Å²) < 4.78 is 0. The summed E-state index contributed by atoms with van der Waals surface area (Å²) in [5, 5.41) is 14.9. The Kier molecular flexibility index (Phi) is 8.29. The molecule has 1 aliphatic rings. The van der Waals surface area contributed by atoms with Gasteiger partial charge in [0.1, 0.15) is 0 Å². The fourth-order valence-electron chi connectivity index (χ4n) is 2.40. The average molecular weight is 315 g/mol. The van der Waals surface area contributed by atoms with Gasteiger partial charge in [0.05, 0.1) is 0 Å². The predicted octanol–water partition coefficient (Wildman–Crippen LogP) is 0.827. The van der Waals surface area contributed by atoms with Gasteiger partial charge >= 0.3 is 6.03 Å². The minimum Gasteiger partial charge on any atom is -0.481 e.